The van der Waals surface area contributed by atoms with Crippen molar-refractivity contribution in [2.24, 2.45) is 7.05 Å². The van der Waals surface area contributed by atoms with Crippen molar-refractivity contribution in [3.05, 3.63) is 28.6 Å². The molecule has 150 valence electrons. The highest BCUT2D eigenvalue weighted by Crippen LogP contribution is 2.29. The lowest BCUT2D eigenvalue weighted by Crippen LogP contribution is -2.33. The van der Waals surface area contributed by atoms with Crippen LogP contribution in [0.5, 0.6) is 5.75 Å². The molecule has 0 radical (unpaired) electrons. The molecular weight excluding hydrogens is 376 g/mol. The van der Waals surface area contributed by atoms with Crippen molar-refractivity contribution >= 4 is 39.6 Å². The monoisotopic (exact) mass is 402 g/mol. The van der Waals surface area contributed by atoms with E-state index in [1.807, 2.05) is 50.6 Å². The summed E-state index contributed by atoms with van der Waals surface area (Å²) in [6.45, 7) is 6.39. The minimum absolute atomic E-state index is 0.0593. The third kappa shape index (κ3) is 3.61. The summed E-state index contributed by atoms with van der Waals surface area (Å²) in [6.07, 6.45) is 0.873. The van der Waals surface area contributed by atoms with Gasteiger partial charge in [-0.1, -0.05) is 18.7 Å². The van der Waals surface area contributed by atoms with Gasteiger partial charge in [0.15, 0.2) is 5.16 Å². The number of carbonyl (C=O) groups excluding carboxylic acids is 1. The molecule has 0 aliphatic heterocycles. The largest absolute Gasteiger partial charge is 0.497 e. The zero-order valence-electron chi connectivity index (χ0n) is 16.9. The molecule has 2 aromatic heterocycles. The smallest absolute Gasteiger partial charge is 0.278 e. The molecule has 0 fully saturated rings. The number of fused-ring (bicyclic) bond motifs is 3. The Kier molecular flexibility index (Phi) is 5.98. The molecule has 0 saturated heterocycles. The fraction of sp³-hybridized carbons (Fsp3) is 0.450. The highest BCUT2D eigenvalue weighted by atomic mass is 32.2. The van der Waals surface area contributed by atoms with Crippen LogP contribution in [0.25, 0.3) is 21.9 Å². The quantitative estimate of drug-likeness (QED) is 0.486. The van der Waals surface area contributed by atoms with Crippen LogP contribution in [0.4, 0.5) is 0 Å². The molecule has 1 atom stereocenters. The van der Waals surface area contributed by atoms with E-state index in [1.54, 1.807) is 11.7 Å². The van der Waals surface area contributed by atoms with Gasteiger partial charge in [0.05, 0.1) is 18.4 Å². The van der Waals surface area contributed by atoms with Gasteiger partial charge in [-0.3, -0.25) is 14.2 Å². The second kappa shape index (κ2) is 8.26. The van der Waals surface area contributed by atoms with Crippen molar-refractivity contribution in [2.45, 2.75) is 44.9 Å². The first-order valence-corrected chi connectivity index (χ1v) is 10.4. The van der Waals surface area contributed by atoms with Crippen LogP contribution in [0.3, 0.4) is 0 Å². The Bertz CT molecular complexity index is 1090. The Balaban J connectivity index is 2.09. The summed E-state index contributed by atoms with van der Waals surface area (Å²) in [5, 5.41) is 4.36. The maximum atomic E-state index is 13.2. The molecule has 7 nitrogen and oxygen atoms in total. The highest BCUT2D eigenvalue weighted by molar-refractivity contribution is 7.99. The van der Waals surface area contributed by atoms with Crippen molar-refractivity contribution in [3.63, 3.8) is 0 Å². The first kappa shape index (κ1) is 20.3. The summed E-state index contributed by atoms with van der Waals surface area (Å²) >= 11 is 1.29. The molecule has 1 aromatic carbocycles. The zero-order chi connectivity index (χ0) is 20.4. The van der Waals surface area contributed by atoms with Gasteiger partial charge in [-0.25, -0.2) is 4.98 Å². The third-order valence-electron chi connectivity index (χ3n) is 4.93. The van der Waals surface area contributed by atoms with E-state index < -0.39 is 0 Å². The van der Waals surface area contributed by atoms with Crippen LogP contribution in [-0.4, -0.2) is 38.9 Å². The van der Waals surface area contributed by atoms with E-state index in [4.69, 9.17) is 9.72 Å². The van der Waals surface area contributed by atoms with Crippen molar-refractivity contribution in [2.75, 3.05) is 12.9 Å². The van der Waals surface area contributed by atoms with Crippen molar-refractivity contribution < 1.29 is 9.53 Å². The topological polar surface area (TPSA) is 78.2 Å². The lowest BCUT2D eigenvalue weighted by Gasteiger charge is -2.13. The second-order valence-corrected chi connectivity index (χ2v) is 7.69. The highest BCUT2D eigenvalue weighted by Gasteiger charge is 2.19. The number of aromatic nitrogens is 3. The summed E-state index contributed by atoms with van der Waals surface area (Å²) in [4.78, 5) is 30.1. The predicted octanol–water partition coefficient (Wildman–Crippen LogP) is 2.92. The molecule has 1 amide bonds. The van der Waals surface area contributed by atoms with Crippen LogP contribution in [0, 0.1) is 0 Å². The zero-order valence-corrected chi connectivity index (χ0v) is 17.7. The molecule has 0 bridgehead atoms. The van der Waals surface area contributed by atoms with Crippen molar-refractivity contribution in [1.29, 1.82) is 0 Å². The number of amides is 1. The maximum Gasteiger partial charge on any atom is 0.278 e. The SMILES string of the molecule is CC[C@@H](C)NC(=O)CSc1nc2c3cc(OC)ccc3n(C)c2c(=O)n1CC. The van der Waals surface area contributed by atoms with Crippen LogP contribution >= 0.6 is 11.8 Å². The van der Waals surface area contributed by atoms with E-state index in [2.05, 4.69) is 5.32 Å². The Hall–Kier alpha value is -2.48. The normalized spacial score (nSPS) is 12.5. The third-order valence-corrected chi connectivity index (χ3v) is 5.91. The Morgan fingerprint density at radius 1 is 1.36 bits per heavy atom. The van der Waals surface area contributed by atoms with Crippen molar-refractivity contribution in [1.82, 2.24) is 19.4 Å². The van der Waals surface area contributed by atoms with Crippen molar-refractivity contribution in [3.8, 4) is 5.75 Å². The van der Waals surface area contributed by atoms with Crippen LogP contribution in [0.15, 0.2) is 28.2 Å². The number of nitrogens with zero attached hydrogens (tertiary/aromatic N) is 3. The molecular formula is C20H26N4O3S. The average molecular weight is 403 g/mol. The number of aryl methyl sites for hydroxylation is 1. The average Bonchev–Trinajstić information content (AvgIpc) is 2.98. The van der Waals surface area contributed by atoms with E-state index in [9.17, 15) is 9.59 Å². The molecule has 1 N–H and O–H groups in total. The van der Waals surface area contributed by atoms with E-state index >= 15 is 0 Å². The summed E-state index contributed by atoms with van der Waals surface area (Å²) in [5.41, 5.74) is 2.00. The number of rotatable bonds is 7. The molecule has 0 unspecified atom stereocenters. The number of carbonyl (C=O) groups is 1. The van der Waals surface area contributed by atoms with Crippen LogP contribution in [0.1, 0.15) is 27.2 Å². The molecule has 0 spiro atoms. The van der Waals surface area contributed by atoms with Crippen LogP contribution in [0.2, 0.25) is 0 Å². The minimum atomic E-state index is -0.102. The Labute approximate surface area is 168 Å². The molecule has 3 rings (SSSR count). The number of hydrogen-bond donors (Lipinski definition) is 1. The lowest BCUT2D eigenvalue weighted by atomic mass is 10.2. The Morgan fingerprint density at radius 3 is 2.75 bits per heavy atom. The van der Waals surface area contributed by atoms with Gasteiger partial charge in [0.25, 0.3) is 5.56 Å². The van der Waals surface area contributed by atoms with Gasteiger partial charge >= 0.3 is 0 Å². The fourth-order valence-corrected chi connectivity index (χ4v) is 4.06. The number of benzene rings is 1. The van der Waals surface area contributed by atoms with Gasteiger partial charge in [0, 0.05) is 25.0 Å². The van der Waals surface area contributed by atoms with Gasteiger partial charge in [0.2, 0.25) is 5.91 Å². The molecule has 3 aromatic rings. The van der Waals surface area contributed by atoms with Gasteiger partial charge in [0.1, 0.15) is 16.8 Å². The summed E-state index contributed by atoms with van der Waals surface area (Å²) in [6, 6.07) is 5.82. The van der Waals surface area contributed by atoms with E-state index in [-0.39, 0.29) is 23.3 Å². The number of methoxy groups -OCH3 is 1. The first-order valence-electron chi connectivity index (χ1n) is 9.40. The number of hydrogen-bond acceptors (Lipinski definition) is 5. The molecule has 0 aliphatic carbocycles. The number of ether oxygens (including phenoxy) is 1. The summed E-state index contributed by atoms with van der Waals surface area (Å²) in [7, 11) is 3.48. The van der Waals surface area contributed by atoms with Gasteiger partial charge in [-0.05, 0) is 38.5 Å². The van der Waals surface area contributed by atoms with E-state index in [0.29, 0.717) is 28.5 Å². The maximum absolute atomic E-state index is 13.2. The summed E-state index contributed by atoms with van der Waals surface area (Å²) < 4.78 is 8.83. The minimum Gasteiger partial charge on any atom is -0.497 e. The molecule has 2 heterocycles. The number of thioether (sulfide) groups is 1. The molecule has 8 heteroatoms. The van der Waals surface area contributed by atoms with Gasteiger partial charge in [-0.2, -0.15) is 0 Å². The second-order valence-electron chi connectivity index (χ2n) is 6.75. The summed E-state index contributed by atoms with van der Waals surface area (Å²) in [5.74, 6) is 0.871. The van der Waals surface area contributed by atoms with Gasteiger partial charge in [-0.15, -0.1) is 0 Å². The predicted molar refractivity (Wildman–Crippen MR) is 113 cm³/mol. The van der Waals surface area contributed by atoms with E-state index in [1.165, 1.54) is 11.8 Å². The van der Waals surface area contributed by atoms with Crippen LogP contribution in [-0.2, 0) is 18.4 Å². The van der Waals surface area contributed by atoms with Crippen LogP contribution < -0.4 is 15.6 Å². The van der Waals surface area contributed by atoms with E-state index in [0.717, 1.165) is 17.3 Å². The lowest BCUT2D eigenvalue weighted by molar-refractivity contribution is -0.119. The van der Waals surface area contributed by atoms with Gasteiger partial charge < -0.3 is 14.6 Å². The first-order chi connectivity index (χ1) is 13.4. The molecule has 0 saturated carbocycles. The molecule has 0 aliphatic rings. The standard InChI is InChI=1S/C20H26N4O3S/c1-6-12(3)21-16(25)11-28-20-22-17-14-10-13(27-5)8-9-15(14)23(4)18(17)19(26)24(20)7-2/h8-10,12H,6-7,11H2,1-5H3,(H,21,25)/t12-/m1/s1. The molecule has 28 heavy (non-hydrogen) atoms. The fourth-order valence-electron chi connectivity index (χ4n) is 3.20. The number of nitrogens with one attached hydrogen (secondary N) is 1. The Morgan fingerprint density at radius 2 is 2.11 bits per heavy atom.